The Morgan fingerprint density at radius 2 is 2.27 bits per heavy atom. The second kappa shape index (κ2) is 5.11. The zero-order valence-electron chi connectivity index (χ0n) is 9.83. The topological polar surface area (TPSA) is 12.9 Å². The molecule has 1 saturated carbocycles. The minimum atomic E-state index is 0.783. The molecule has 0 saturated heterocycles. The predicted octanol–water partition coefficient (Wildman–Crippen LogP) is 4.39. The molecular weight excluding hydrogens is 202 g/mol. The molecule has 1 nitrogen and oxygen atoms in total. The Hall–Kier alpha value is -0.370. The maximum atomic E-state index is 4.77. The molecule has 0 bridgehead atoms. The lowest BCUT2D eigenvalue weighted by molar-refractivity contribution is 0.520. The van der Waals surface area contributed by atoms with E-state index in [1.165, 1.54) is 42.8 Å². The van der Waals surface area contributed by atoms with Crippen LogP contribution in [0.3, 0.4) is 0 Å². The van der Waals surface area contributed by atoms with Crippen molar-refractivity contribution in [1.82, 2.24) is 4.98 Å². The number of nitrogens with zero attached hydrogens (tertiary/aromatic N) is 1. The Labute approximate surface area is 96.9 Å². The summed E-state index contributed by atoms with van der Waals surface area (Å²) in [6.45, 7) is 4.54. The van der Waals surface area contributed by atoms with E-state index in [1.54, 1.807) is 0 Å². The van der Waals surface area contributed by atoms with Crippen LogP contribution in [-0.4, -0.2) is 4.98 Å². The maximum Gasteiger partial charge on any atom is 0.0959 e. The lowest BCUT2D eigenvalue weighted by Crippen LogP contribution is -1.95. The summed E-state index contributed by atoms with van der Waals surface area (Å²) in [5.74, 6) is 1.75. The summed E-state index contributed by atoms with van der Waals surface area (Å²) in [5.41, 5.74) is 1.32. The lowest BCUT2D eigenvalue weighted by atomic mass is 10.0. The Balaban J connectivity index is 1.97. The average Bonchev–Trinajstić information content (AvgIpc) is 2.85. The van der Waals surface area contributed by atoms with E-state index in [0.717, 1.165) is 18.3 Å². The zero-order valence-corrected chi connectivity index (χ0v) is 10.6. The van der Waals surface area contributed by atoms with Gasteiger partial charge in [-0.1, -0.05) is 26.7 Å². The summed E-state index contributed by atoms with van der Waals surface area (Å²) >= 11 is 1.89. The molecule has 2 heteroatoms. The number of hydrogen-bond donors (Lipinski definition) is 0. The molecule has 15 heavy (non-hydrogen) atoms. The molecule has 1 fully saturated rings. The predicted molar refractivity (Wildman–Crippen MR) is 66.5 cm³/mol. The molecule has 1 aliphatic rings. The van der Waals surface area contributed by atoms with Gasteiger partial charge in [0.2, 0.25) is 0 Å². The van der Waals surface area contributed by atoms with E-state index in [9.17, 15) is 0 Å². The highest BCUT2D eigenvalue weighted by Crippen LogP contribution is 2.40. The molecule has 0 N–H and O–H groups in total. The maximum absolute atomic E-state index is 4.77. The summed E-state index contributed by atoms with van der Waals surface area (Å²) in [4.78, 5) is 4.77. The van der Waals surface area contributed by atoms with Gasteiger partial charge in [0.1, 0.15) is 0 Å². The first-order chi connectivity index (χ1) is 7.33. The van der Waals surface area contributed by atoms with Crippen LogP contribution in [0.2, 0.25) is 0 Å². The van der Waals surface area contributed by atoms with E-state index in [4.69, 9.17) is 4.98 Å². The minimum Gasteiger partial charge on any atom is -0.246 e. The third-order valence-corrected chi connectivity index (χ3v) is 4.60. The summed E-state index contributed by atoms with van der Waals surface area (Å²) in [7, 11) is 0. The first-order valence-electron chi connectivity index (χ1n) is 6.27. The zero-order chi connectivity index (χ0) is 10.7. The molecular formula is C13H21NS. The molecule has 1 aliphatic carbocycles. The third kappa shape index (κ3) is 2.60. The number of hydrogen-bond acceptors (Lipinski definition) is 2. The quantitative estimate of drug-likeness (QED) is 0.737. The van der Waals surface area contributed by atoms with Crippen molar-refractivity contribution in [3.05, 3.63) is 16.1 Å². The molecule has 1 heterocycles. The Morgan fingerprint density at radius 1 is 1.40 bits per heavy atom. The van der Waals surface area contributed by atoms with Gasteiger partial charge in [0.05, 0.1) is 10.7 Å². The van der Waals surface area contributed by atoms with Gasteiger partial charge >= 0.3 is 0 Å². The van der Waals surface area contributed by atoms with Crippen molar-refractivity contribution >= 4 is 11.3 Å². The summed E-state index contributed by atoms with van der Waals surface area (Å²) in [6.07, 6.45) is 7.90. The van der Waals surface area contributed by atoms with Gasteiger partial charge in [-0.05, 0) is 31.6 Å². The molecule has 0 amide bonds. The second-order valence-electron chi connectivity index (χ2n) is 4.71. The van der Waals surface area contributed by atoms with E-state index in [2.05, 4.69) is 19.2 Å². The SMILES string of the molecule is CCCc1csc(C2CCC(CC)C2)n1. The van der Waals surface area contributed by atoms with E-state index >= 15 is 0 Å². The fourth-order valence-electron chi connectivity index (χ4n) is 2.55. The Kier molecular flexibility index (Phi) is 3.79. The van der Waals surface area contributed by atoms with Crippen molar-refractivity contribution in [2.75, 3.05) is 0 Å². The summed E-state index contributed by atoms with van der Waals surface area (Å²) < 4.78 is 0. The number of rotatable bonds is 4. The molecule has 2 atom stereocenters. The van der Waals surface area contributed by atoms with Gasteiger partial charge in [-0.3, -0.25) is 0 Å². The molecule has 0 spiro atoms. The van der Waals surface area contributed by atoms with Crippen LogP contribution in [0.15, 0.2) is 5.38 Å². The molecule has 1 aromatic rings. The number of aromatic nitrogens is 1. The monoisotopic (exact) mass is 223 g/mol. The van der Waals surface area contributed by atoms with Crippen molar-refractivity contribution in [1.29, 1.82) is 0 Å². The van der Waals surface area contributed by atoms with Gasteiger partial charge in [-0.2, -0.15) is 0 Å². The van der Waals surface area contributed by atoms with Crippen LogP contribution >= 0.6 is 11.3 Å². The van der Waals surface area contributed by atoms with Crippen LogP contribution in [0.1, 0.15) is 62.6 Å². The van der Waals surface area contributed by atoms with Crippen LogP contribution in [0.4, 0.5) is 0 Å². The van der Waals surface area contributed by atoms with Crippen LogP contribution in [0, 0.1) is 5.92 Å². The molecule has 2 rings (SSSR count). The number of thiazole rings is 1. The number of aryl methyl sites for hydroxylation is 1. The van der Waals surface area contributed by atoms with Gasteiger partial charge < -0.3 is 0 Å². The van der Waals surface area contributed by atoms with Gasteiger partial charge in [0, 0.05) is 11.3 Å². The normalized spacial score (nSPS) is 26.0. The van der Waals surface area contributed by atoms with Crippen LogP contribution < -0.4 is 0 Å². The minimum absolute atomic E-state index is 0.783. The van der Waals surface area contributed by atoms with Gasteiger partial charge in [-0.15, -0.1) is 11.3 Å². The Morgan fingerprint density at radius 3 is 2.93 bits per heavy atom. The third-order valence-electron chi connectivity index (χ3n) is 3.54. The first-order valence-corrected chi connectivity index (χ1v) is 7.15. The van der Waals surface area contributed by atoms with Crippen molar-refractivity contribution in [2.45, 2.75) is 58.3 Å². The van der Waals surface area contributed by atoms with Gasteiger partial charge in [0.25, 0.3) is 0 Å². The molecule has 84 valence electrons. The molecule has 2 unspecified atom stereocenters. The fraction of sp³-hybridized carbons (Fsp3) is 0.769. The van der Waals surface area contributed by atoms with E-state index in [1.807, 2.05) is 11.3 Å². The summed E-state index contributed by atoms with van der Waals surface area (Å²) in [5, 5.41) is 3.67. The second-order valence-corrected chi connectivity index (χ2v) is 5.60. The van der Waals surface area contributed by atoms with Crippen LogP contribution in [-0.2, 0) is 6.42 Å². The standard InChI is InChI=1S/C13H21NS/c1-3-5-12-9-15-13(14-12)11-7-6-10(4-2)8-11/h9-11H,3-8H2,1-2H3. The van der Waals surface area contributed by atoms with Crippen molar-refractivity contribution in [3.8, 4) is 0 Å². The highest BCUT2D eigenvalue weighted by atomic mass is 32.1. The van der Waals surface area contributed by atoms with E-state index in [0.29, 0.717) is 0 Å². The highest BCUT2D eigenvalue weighted by Gasteiger charge is 2.26. The van der Waals surface area contributed by atoms with Gasteiger partial charge in [-0.25, -0.2) is 4.98 Å². The Bertz CT molecular complexity index is 305. The van der Waals surface area contributed by atoms with Crippen molar-refractivity contribution < 1.29 is 0 Å². The molecule has 0 aromatic carbocycles. The van der Waals surface area contributed by atoms with E-state index < -0.39 is 0 Å². The largest absolute Gasteiger partial charge is 0.246 e. The molecule has 0 radical (unpaired) electrons. The smallest absolute Gasteiger partial charge is 0.0959 e. The van der Waals surface area contributed by atoms with Gasteiger partial charge in [0.15, 0.2) is 0 Å². The lowest BCUT2D eigenvalue weighted by Gasteiger charge is -2.06. The fourth-order valence-corrected chi connectivity index (χ4v) is 3.55. The first kappa shape index (κ1) is 11.1. The molecule has 0 aliphatic heterocycles. The van der Waals surface area contributed by atoms with Crippen LogP contribution in [0.25, 0.3) is 0 Å². The van der Waals surface area contributed by atoms with Crippen LogP contribution in [0.5, 0.6) is 0 Å². The van der Waals surface area contributed by atoms with E-state index in [-0.39, 0.29) is 0 Å². The van der Waals surface area contributed by atoms with Crippen molar-refractivity contribution in [2.24, 2.45) is 5.92 Å². The average molecular weight is 223 g/mol. The van der Waals surface area contributed by atoms with Crippen molar-refractivity contribution in [3.63, 3.8) is 0 Å². The summed E-state index contributed by atoms with van der Waals surface area (Å²) in [6, 6.07) is 0. The highest BCUT2D eigenvalue weighted by molar-refractivity contribution is 7.09. The molecule has 1 aromatic heterocycles.